The summed E-state index contributed by atoms with van der Waals surface area (Å²) in [5.74, 6) is -1.45. The van der Waals surface area contributed by atoms with E-state index < -0.39 is 15.7 Å². The number of halogens is 3. The van der Waals surface area contributed by atoms with Crippen LogP contribution in [-0.2, 0) is 0 Å². The largest absolute Gasteiger partial charge is 0.478 e. The molecule has 0 aromatic heterocycles. The first-order chi connectivity index (χ1) is 10.6. The molecule has 1 atom stereocenters. The van der Waals surface area contributed by atoms with E-state index in [1.54, 1.807) is 12.1 Å². The zero-order valence-corrected chi connectivity index (χ0v) is 15.3. The van der Waals surface area contributed by atoms with E-state index in [9.17, 15) is 4.79 Å². The van der Waals surface area contributed by atoms with Crippen molar-refractivity contribution >= 4 is 40.8 Å². The van der Waals surface area contributed by atoms with Crippen LogP contribution in [0.15, 0.2) is 36.4 Å². The average molecular weight is 372 g/mol. The van der Waals surface area contributed by atoms with Gasteiger partial charge in [0, 0.05) is 0 Å². The van der Waals surface area contributed by atoms with Crippen molar-refractivity contribution in [2.24, 2.45) is 0 Å². The first-order valence-electron chi connectivity index (χ1n) is 7.09. The Morgan fingerprint density at radius 2 is 1.48 bits per heavy atom. The van der Waals surface area contributed by atoms with E-state index in [0.717, 1.165) is 27.8 Å². The number of hydrogen-bond donors (Lipinski definition) is 1. The molecule has 2 nitrogen and oxygen atoms in total. The van der Waals surface area contributed by atoms with Crippen molar-refractivity contribution in [1.82, 2.24) is 0 Å². The molecule has 5 heteroatoms. The van der Waals surface area contributed by atoms with Gasteiger partial charge in [-0.3, -0.25) is 0 Å². The molecule has 0 aliphatic heterocycles. The molecule has 0 aliphatic carbocycles. The Balaban J connectivity index is 2.63. The molecule has 0 amide bonds. The molecule has 0 heterocycles. The zero-order valence-electron chi connectivity index (χ0n) is 13.0. The highest BCUT2D eigenvalue weighted by Crippen LogP contribution is 2.47. The molecule has 0 saturated carbocycles. The Hall–Kier alpha value is -1.22. The minimum absolute atomic E-state index is 0.218. The highest BCUT2D eigenvalue weighted by molar-refractivity contribution is 6.68. The third-order valence-electron chi connectivity index (χ3n) is 3.89. The lowest BCUT2D eigenvalue weighted by Gasteiger charge is -2.28. The summed E-state index contributed by atoms with van der Waals surface area (Å²) in [6.07, 6.45) is 0. The Morgan fingerprint density at radius 3 is 1.91 bits per heavy atom. The van der Waals surface area contributed by atoms with Crippen LogP contribution in [0.25, 0.3) is 0 Å². The first-order valence-corrected chi connectivity index (χ1v) is 8.22. The van der Waals surface area contributed by atoms with E-state index in [-0.39, 0.29) is 5.56 Å². The van der Waals surface area contributed by atoms with Crippen molar-refractivity contribution in [3.05, 3.63) is 69.8 Å². The Bertz CT molecular complexity index is 748. The first kappa shape index (κ1) is 18.1. The summed E-state index contributed by atoms with van der Waals surface area (Å²) < 4.78 is -1.55. The molecule has 0 radical (unpaired) electrons. The second-order valence-electron chi connectivity index (χ2n) is 5.71. The number of aryl methyl sites for hydroxylation is 3. The monoisotopic (exact) mass is 370 g/mol. The second kappa shape index (κ2) is 6.72. The molecule has 1 unspecified atom stereocenters. The molecule has 2 rings (SSSR count). The molecule has 2 aromatic carbocycles. The number of aromatic carboxylic acids is 1. The van der Waals surface area contributed by atoms with E-state index >= 15 is 0 Å². The van der Waals surface area contributed by atoms with Crippen LogP contribution in [-0.4, -0.2) is 14.9 Å². The second-order valence-corrected chi connectivity index (χ2v) is 8.08. The molecule has 0 aliphatic rings. The fraction of sp³-hybridized carbons (Fsp3) is 0.278. The minimum Gasteiger partial charge on any atom is -0.478 e. The molecule has 122 valence electrons. The van der Waals surface area contributed by atoms with Gasteiger partial charge in [-0.15, -0.1) is 0 Å². The van der Waals surface area contributed by atoms with E-state index in [0.29, 0.717) is 0 Å². The number of carboxylic acid groups (broad SMARTS) is 1. The molecular formula is C18H17Cl3O2. The van der Waals surface area contributed by atoms with Gasteiger partial charge in [0.1, 0.15) is 0 Å². The van der Waals surface area contributed by atoms with Gasteiger partial charge in [0.05, 0.1) is 11.5 Å². The summed E-state index contributed by atoms with van der Waals surface area (Å²) in [4.78, 5) is 11.1. The molecular weight excluding hydrogens is 355 g/mol. The topological polar surface area (TPSA) is 37.3 Å². The molecule has 0 saturated heterocycles. The van der Waals surface area contributed by atoms with Crippen LogP contribution >= 0.6 is 34.8 Å². The molecule has 0 bridgehead atoms. The maximum atomic E-state index is 11.1. The Kier molecular flexibility index (Phi) is 5.30. The Morgan fingerprint density at radius 1 is 0.957 bits per heavy atom. The lowest BCUT2D eigenvalue weighted by Crippen LogP contribution is -2.21. The van der Waals surface area contributed by atoms with E-state index in [4.69, 9.17) is 39.9 Å². The van der Waals surface area contributed by atoms with E-state index in [1.807, 2.05) is 39.0 Å². The van der Waals surface area contributed by atoms with Crippen molar-refractivity contribution in [3.63, 3.8) is 0 Å². The predicted octanol–water partition coefficient (Wildman–Crippen LogP) is 5.81. The summed E-state index contributed by atoms with van der Waals surface area (Å²) in [5.41, 5.74) is 4.88. The quantitative estimate of drug-likeness (QED) is 0.691. The summed E-state index contributed by atoms with van der Waals surface area (Å²) in [5, 5.41) is 9.11. The fourth-order valence-electron chi connectivity index (χ4n) is 2.80. The van der Waals surface area contributed by atoms with E-state index in [1.165, 1.54) is 6.07 Å². The molecule has 0 fully saturated rings. The van der Waals surface area contributed by atoms with Crippen LogP contribution in [0.4, 0.5) is 0 Å². The molecule has 0 spiro atoms. The number of rotatable bonds is 3. The van der Waals surface area contributed by atoms with Crippen molar-refractivity contribution in [1.29, 1.82) is 0 Å². The van der Waals surface area contributed by atoms with Crippen molar-refractivity contribution in [2.45, 2.75) is 30.5 Å². The van der Waals surface area contributed by atoms with Gasteiger partial charge in [-0.1, -0.05) is 64.6 Å². The predicted molar refractivity (Wildman–Crippen MR) is 96.2 cm³/mol. The van der Waals surface area contributed by atoms with Crippen molar-refractivity contribution in [3.8, 4) is 0 Å². The molecule has 2 aromatic rings. The van der Waals surface area contributed by atoms with Crippen LogP contribution in [0, 0.1) is 20.8 Å². The van der Waals surface area contributed by atoms with Gasteiger partial charge >= 0.3 is 5.97 Å². The lowest BCUT2D eigenvalue weighted by atomic mass is 9.86. The molecule has 23 heavy (non-hydrogen) atoms. The Labute approximate surface area is 151 Å². The summed E-state index contributed by atoms with van der Waals surface area (Å²) in [7, 11) is 0. The lowest BCUT2D eigenvalue weighted by molar-refractivity contribution is 0.0696. The number of alkyl halides is 3. The van der Waals surface area contributed by atoms with Crippen LogP contribution in [0.1, 0.15) is 44.1 Å². The van der Waals surface area contributed by atoms with Crippen LogP contribution in [0.2, 0.25) is 0 Å². The van der Waals surface area contributed by atoms with Gasteiger partial charge in [-0.25, -0.2) is 4.79 Å². The SMILES string of the molecule is Cc1ccc(C(c2ccc(C(=O)O)cc2C)C(Cl)(Cl)Cl)c(C)c1. The number of carbonyl (C=O) groups is 1. The van der Waals surface area contributed by atoms with Crippen LogP contribution in [0.3, 0.4) is 0 Å². The smallest absolute Gasteiger partial charge is 0.335 e. The van der Waals surface area contributed by atoms with Gasteiger partial charge in [-0.05, 0) is 55.2 Å². The van der Waals surface area contributed by atoms with Gasteiger partial charge in [0.15, 0.2) is 0 Å². The molecule has 1 N–H and O–H groups in total. The third kappa shape index (κ3) is 4.00. The number of carboxylic acids is 1. The number of benzene rings is 2. The summed E-state index contributed by atoms with van der Waals surface area (Å²) >= 11 is 18.8. The standard InChI is InChI=1S/C18H17Cl3O2/c1-10-4-6-14(11(2)8-10)16(18(19,20)21)15-7-5-13(17(22)23)9-12(15)3/h4-9,16H,1-3H3,(H,22,23). The maximum absolute atomic E-state index is 11.1. The van der Waals surface area contributed by atoms with Gasteiger partial charge in [0.2, 0.25) is 3.79 Å². The van der Waals surface area contributed by atoms with Gasteiger partial charge in [-0.2, -0.15) is 0 Å². The normalized spacial score (nSPS) is 13.0. The van der Waals surface area contributed by atoms with E-state index in [2.05, 4.69) is 0 Å². The maximum Gasteiger partial charge on any atom is 0.335 e. The van der Waals surface area contributed by atoms with Crippen LogP contribution in [0.5, 0.6) is 0 Å². The number of hydrogen-bond acceptors (Lipinski definition) is 1. The minimum atomic E-state index is -1.55. The average Bonchev–Trinajstić information content (AvgIpc) is 2.41. The highest BCUT2D eigenvalue weighted by atomic mass is 35.6. The summed E-state index contributed by atoms with van der Waals surface area (Å²) in [6.45, 7) is 5.81. The fourth-order valence-corrected chi connectivity index (χ4v) is 3.51. The van der Waals surface area contributed by atoms with Crippen LogP contribution < -0.4 is 0 Å². The van der Waals surface area contributed by atoms with Gasteiger partial charge < -0.3 is 5.11 Å². The van der Waals surface area contributed by atoms with Crippen molar-refractivity contribution in [2.75, 3.05) is 0 Å². The van der Waals surface area contributed by atoms with Crippen molar-refractivity contribution < 1.29 is 9.90 Å². The van der Waals surface area contributed by atoms with Gasteiger partial charge in [0.25, 0.3) is 0 Å². The summed E-state index contributed by atoms with van der Waals surface area (Å²) in [6, 6.07) is 10.8. The third-order valence-corrected chi connectivity index (χ3v) is 4.55. The highest BCUT2D eigenvalue weighted by Gasteiger charge is 2.37. The zero-order chi connectivity index (χ0) is 17.4.